The lowest BCUT2D eigenvalue weighted by Gasteiger charge is -2.31. The Morgan fingerprint density at radius 2 is 2.24 bits per heavy atom. The number of carbonyl (C=O) groups is 1. The van der Waals surface area contributed by atoms with Gasteiger partial charge in [-0.1, -0.05) is 6.92 Å². The molecule has 0 saturated carbocycles. The van der Waals surface area contributed by atoms with Gasteiger partial charge in [-0.2, -0.15) is 0 Å². The van der Waals surface area contributed by atoms with Crippen LogP contribution < -0.4 is 10.6 Å². The number of likely N-dealkylation sites (tertiary alicyclic amines) is 1. The summed E-state index contributed by atoms with van der Waals surface area (Å²) in [7, 11) is 0. The van der Waals surface area contributed by atoms with Gasteiger partial charge in [0.05, 0.1) is 6.04 Å². The number of nitrogens with zero attached hydrogens (tertiary/aromatic N) is 1. The normalized spacial score (nSPS) is 27.2. The van der Waals surface area contributed by atoms with E-state index in [4.69, 9.17) is 0 Å². The highest BCUT2D eigenvalue weighted by molar-refractivity contribution is 7.99. The minimum atomic E-state index is 0.0377. The summed E-state index contributed by atoms with van der Waals surface area (Å²) in [6, 6.07) is 0.0377. The van der Waals surface area contributed by atoms with Crippen LogP contribution in [-0.4, -0.2) is 54.7 Å². The van der Waals surface area contributed by atoms with Crippen molar-refractivity contribution in [2.24, 2.45) is 5.92 Å². The minimum Gasteiger partial charge on any atom is -0.354 e. The second kappa shape index (κ2) is 6.61. The van der Waals surface area contributed by atoms with E-state index in [2.05, 4.69) is 22.5 Å². The molecule has 98 valence electrons. The fourth-order valence-corrected chi connectivity index (χ4v) is 3.38. The molecule has 0 aliphatic carbocycles. The minimum absolute atomic E-state index is 0.0377. The van der Waals surface area contributed by atoms with Gasteiger partial charge >= 0.3 is 0 Å². The number of rotatable bonds is 4. The van der Waals surface area contributed by atoms with Gasteiger partial charge in [-0.3, -0.25) is 10.1 Å². The number of nitrogens with one attached hydrogen (secondary N) is 2. The molecule has 0 aromatic heterocycles. The van der Waals surface area contributed by atoms with Crippen LogP contribution in [0, 0.1) is 5.92 Å². The zero-order valence-corrected chi connectivity index (χ0v) is 11.4. The molecule has 0 spiro atoms. The van der Waals surface area contributed by atoms with Gasteiger partial charge in [0.25, 0.3) is 0 Å². The first-order valence-corrected chi connectivity index (χ1v) is 7.76. The molecule has 0 aromatic rings. The third-order valence-electron chi connectivity index (χ3n) is 3.75. The first kappa shape index (κ1) is 13.2. The Morgan fingerprint density at radius 1 is 1.47 bits per heavy atom. The topological polar surface area (TPSA) is 44.4 Å². The summed E-state index contributed by atoms with van der Waals surface area (Å²) in [6.07, 6.45) is 2.45. The monoisotopic (exact) mass is 257 g/mol. The molecular formula is C12H23N3OS. The average molecular weight is 257 g/mol. The molecule has 2 aliphatic heterocycles. The Balaban J connectivity index is 1.63. The van der Waals surface area contributed by atoms with Crippen molar-refractivity contribution in [3.05, 3.63) is 0 Å². The highest BCUT2D eigenvalue weighted by Crippen LogP contribution is 2.16. The second-order valence-corrected chi connectivity index (χ2v) is 5.92. The van der Waals surface area contributed by atoms with Gasteiger partial charge in [-0.15, -0.1) is 11.8 Å². The molecule has 1 atom stereocenters. The van der Waals surface area contributed by atoms with Crippen LogP contribution in [0.5, 0.6) is 0 Å². The van der Waals surface area contributed by atoms with Crippen LogP contribution in [0.3, 0.4) is 0 Å². The van der Waals surface area contributed by atoms with Crippen molar-refractivity contribution >= 4 is 17.7 Å². The quantitative estimate of drug-likeness (QED) is 0.770. The molecule has 1 amide bonds. The molecule has 2 fully saturated rings. The molecule has 2 N–H and O–H groups in total. The summed E-state index contributed by atoms with van der Waals surface area (Å²) >= 11 is 1.80. The Morgan fingerprint density at radius 3 is 2.82 bits per heavy atom. The average Bonchev–Trinajstić information content (AvgIpc) is 2.90. The highest BCUT2D eigenvalue weighted by Gasteiger charge is 2.24. The van der Waals surface area contributed by atoms with Gasteiger partial charge in [0.1, 0.15) is 0 Å². The Hall–Kier alpha value is -0.260. The number of carbonyl (C=O) groups excluding carboxylic acids is 1. The molecule has 0 radical (unpaired) electrons. The van der Waals surface area contributed by atoms with Crippen LogP contribution >= 0.6 is 11.8 Å². The lowest BCUT2D eigenvalue weighted by Crippen LogP contribution is -2.45. The van der Waals surface area contributed by atoms with E-state index in [1.54, 1.807) is 11.8 Å². The maximum absolute atomic E-state index is 11.8. The summed E-state index contributed by atoms with van der Waals surface area (Å²) in [5.41, 5.74) is 0. The van der Waals surface area contributed by atoms with E-state index in [0.29, 0.717) is 5.92 Å². The summed E-state index contributed by atoms with van der Waals surface area (Å²) < 4.78 is 0. The molecule has 2 saturated heterocycles. The Labute approximate surface area is 108 Å². The second-order valence-electron chi connectivity index (χ2n) is 4.89. The lowest BCUT2D eigenvalue weighted by atomic mass is 9.97. The molecule has 0 aromatic carbocycles. The molecule has 2 heterocycles. The van der Waals surface area contributed by atoms with Gasteiger partial charge in [-0.25, -0.2) is 0 Å². The van der Waals surface area contributed by atoms with E-state index in [9.17, 15) is 4.79 Å². The van der Waals surface area contributed by atoms with Crippen LogP contribution in [-0.2, 0) is 4.79 Å². The van der Waals surface area contributed by atoms with Gasteiger partial charge < -0.3 is 10.2 Å². The van der Waals surface area contributed by atoms with Gasteiger partial charge in [0.15, 0.2) is 0 Å². The predicted molar refractivity (Wildman–Crippen MR) is 72.1 cm³/mol. The van der Waals surface area contributed by atoms with Crippen molar-refractivity contribution in [3.8, 4) is 0 Å². The standard InChI is InChI=1S/C12H23N3OS/c1-2-15-5-3-10(4-6-15)7-13-12(16)11-8-17-9-14-11/h10-11,14H,2-9H2,1H3,(H,13,16). The Kier molecular flexibility index (Phi) is 5.13. The van der Waals surface area contributed by atoms with E-state index in [-0.39, 0.29) is 11.9 Å². The van der Waals surface area contributed by atoms with Crippen molar-refractivity contribution in [2.45, 2.75) is 25.8 Å². The molecule has 2 aliphatic rings. The first-order chi connectivity index (χ1) is 8.29. The summed E-state index contributed by atoms with van der Waals surface area (Å²) in [6.45, 7) is 6.61. The molecule has 17 heavy (non-hydrogen) atoms. The highest BCUT2D eigenvalue weighted by atomic mass is 32.2. The fraction of sp³-hybridized carbons (Fsp3) is 0.917. The predicted octanol–water partition coefficient (Wildman–Crippen LogP) is 0.497. The zero-order valence-electron chi connectivity index (χ0n) is 10.6. The number of hydrogen-bond acceptors (Lipinski definition) is 4. The van der Waals surface area contributed by atoms with E-state index in [1.165, 1.54) is 25.9 Å². The van der Waals surface area contributed by atoms with Crippen molar-refractivity contribution in [2.75, 3.05) is 37.8 Å². The molecule has 2 rings (SSSR count). The number of amides is 1. The maximum atomic E-state index is 11.8. The van der Waals surface area contributed by atoms with E-state index < -0.39 is 0 Å². The van der Waals surface area contributed by atoms with Crippen molar-refractivity contribution in [1.82, 2.24) is 15.5 Å². The van der Waals surface area contributed by atoms with Crippen molar-refractivity contribution < 1.29 is 4.79 Å². The third-order valence-corrected chi connectivity index (χ3v) is 4.69. The van der Waals surface area contributed by atoms with Gasteiger partial charge in [0.2, 0.25) is 5.91 Å². The first-order valence-electron chi connectivity index (χ1n) is 6.60. The van der Waals surface area contributed by atoms with Crippen LogP contribution in [0.2, 0.25) is 0 Å². The van der Waals surface area contributed by atoms with Crippen LogP contribution in [0.1, 0.15) is 19.8 Å². The summed E-state index contributed by atoms with van der Waals surface area (Å²) in [5, 5.41) is 6.30. The number of piperidine rings is 1. The fourth-order valence-electron chi connectivity index (χ4n) is 2.44. The van der Waals surface area contributed by atoms with Crippen LogP contribution in [0.15, 0.2) is 0 Å². The Bertz CT molecular complexity index is 248. The summed E-state index contributed by atoms with van der Waals surface area (Å²) in [5.74, 6) is 2.69. The molecule has 1 unspecified atom stereocenters. The number of hydrogen-bond donors (Lipinski definition) is 2. The SMILES string of the molecule is CCN1CCC(CNC(=O)C2CSCN2)CC1. The van der Waals surface area contributed by atoms with E-state index in [1.807, 2.05) is 0 Å². The van der Waals surface area contributed by atoms with Gasteiger partial charge in [0, 0.05) is 18.2 Å². The van der Waals surface area contributed by atoms with Crippen LogP contribution in [0.25, 0.3) is 0 Å². The largest absolute Gasteiger partial charge is 0.354 e. The van der Waals surface area contributed by atoms with Crippen molar-refractivity contribution in [3.63, 3.8) is 0 Å². The smallest absolute Gasteiger partial charge is 0.238 e. The van der Waals surface area contributed by atoms with E-state index >= 15 is 0 Å². The van der Waals surface area contributed by atoms with Crippen molar-refractivity contribution in [1.29, 1.82) is 0 Å². The molecule has 0 bridgehead atoms. The van der Waals surface area contributed by atoms with E-state index in [0.717, 1.165) is 24.7 Å². The molecular weight excluding hydrogens is 234 g/mol. The number of thioether (sulfide) groups is 1. The summed E-state index contributed by atoms with van der Waals surface area (Å²) in [4.78, 5) is 14.3. The maximum Gasteiger partial charge on any atom is 0.238 e. The van der Waals surface area contributed by atoms with Gasteiger partial charge in [-0.05, 0) is 38.4 Å². The lowest BCUT2D eigenvalue weighted by molar-refractivity contribution is -0.122. The molecule has 4 nitrogen and oxygen atoms in total. The zero-order chi connectivity index (χ0) is 12.1. The molecule has 5 heteroatoms. The third kappa shape index (κ3) is 3.86. The van der Waals surface area contributed by atoms with Crippen LogP contribution in [0.4, 0.5) is 0 Å².